The second-order valence-electron chi connectivity index (χ2n) is 5.37. The molecule has 1 aromatic rings. The smallest absolute Gasteiger partial charge is 0.232 e. The Labute approximate surface area is 130 Å². The summed E-state index contributed by atoms with van der Waals surface area (Å²) in [6.45, 7) is 5.69. The Morgan fingerprint density at radius 2 is 2.05 bits per heavy atom. The molecule has 0 aliphatic carbocycles. The third kappa shape index (κ3) is 6.06. The molecule has 0 heterocycles. The number of hydrogen-bond donors (Lipinski definition) is 2. The first-order valence-corrected chi connectivity index (χ1v) is 8.29. The average Bonchev–Trinajstić information content (AvgIpc) is 2.45. The summed E-state index contributed by atoms with van der Waals surface area (Å²) in [5.41, 5.74) is -0.632. The van der Waals surface area contributed by atoms with Gasteiger partial charge in [-0.15, -0.1) is 11.8 Å². The number of unbranched alkanes of at least 4 members (excludes halogenated alkanes) is 1. The number of halogens is 1. The van der Waals surface area contributed by atoms with Gasteiger partial charge >= 0.3 is 0 Å². The molecular formula is C16H24FNO2S. The third-order valence-electron chi connectivity index (χ3n) is 3.31. The molecular weight excluding hydrogens is 289 g/mol. The number of thioether (sulfide) groups is 1. The van der Waals surface area contributed by atoms with Crippen molar-refractivity contribution in [1.29, 1.82) is 0 Å². The van der Waals surface area contributed by atoms with Crippen LogP contribution in [0.4, 0.5) is 4.39 Å². The minimum Gasteiger partial charge on any atom is -0.384 e. The first-order valence-electron chi connectivity index (χ1n) is 7.24. The van der Waals surface area contributed by atoms with Crippen molar-refractivity contribution in [2.45, 2.75) is 44.5 Å². The van der Waals surface area contributed by atoms with Gasteiger partial charge < -0.3 is 10.4 Å². The topological polar surface area (TPSA) is 49.3 Å². The van der Waals surface area contributed by atoms with E-state index in [1.54, 1.807) is 18.7 Å². The second-order valence-corrected chi connectivity index (χ2v) is 6.81. The molecule has 2 N–H and O–H groups in total. The fourth-order valence-corrected chi connectivity index (χ4v) is 2.84. The van der Waals surface area contributed by atoms with Gasteiger partial charge in [0.05, 0.1) is 11.8 Å². The zero-order valence-corrected chi connectivity index (χ0v) is 13.7. The molecule has 0 saturated heterocycles. The van der Waals surface area contributed by atoms with E-state index in [4.69, 9.17) is 0 Å². The number of carbonyl (C=O) groups excluding carboxylic acids is 1. The van der Waals surface area contributed by atoms with Crippen LogP contribution in [0.25, 0.3) is 0 Å². The predicted octanol–water partition coefficient (Wildman–Crippen LogP) is 3.07. The van der Waals surface area contributed by atoms with Gasteiger partial charge in [0, 0.05) is 0 Å². The fraction of sp³-hybridized carbons (Fsp3) is 0.562. The van der Waals surface area contributed by atoms with E-state index in [-0.39, 0.29) is 23.5 Å². The van der Waals surface area contributed by atoms with Crippen LogP contribution in [0.15, 0.2) is 24.3 Å². The summed E-state index contributed by atoms with van der Waals surface area (Å²) in [7, 11) is 0. The predicted molar refractivity (Wildman–Crippen MR) is 85.8 cm³/mol. The zero-order chi connectivity index (χ0) is 15.9. The summed E-state index contributed by atoms with van der Waals surface area (Å²) in [5, 5.41) is 13.0. The van der Waals surface area contributed by atoms with Gasteiger partial charge in [-0.2, -0.15) is 0 Å². The Kier molecular flexibility index (Phi) is 7.18. The molecule has 0 bridgehead atoms. The lowest BCUT2D eigenvalue weighted by Gasteiger charge is -2.25. The van der Waals surface area contributed by atoms with Crippen molar-refractivity contribution in [1.82, 2.24) is 5.32 Å². The van der Waals surface area contributed by atoms with Crippen LogP contribution in [0, 0.1) is 5.82 Å². The third-order valence-corrected chi connectivity index (χ3v) is 4.55. The van der Waals surface area contributed by atoms with Crippen LogP contribution in [0.5, 0.6) is 0 Å². The van der Waals surface area contributed by atoms with Crippen LogP contribution in [0.3, 0.4) is 0 Å². The normalized spacial score (nSPS) is 15.3. The van der Waals surface area contributed by atoms with Gasteiger partial charge in [0.1, 0.15) is 11.4 Å². The van der Waals surface area contributed by atoms with Crippen molar-refractivity contribution < 1.29 is 14.3 Å². The highest BCUT2D eigenvalue weighted by atomic mass is 32.2. The maximum Gasteiger partial charge on any atom is 0.232 e. The number of nitrogens with one attached hydrogen (secondary N) is 1. The van der Waals surface area contributed by atoms with Gasteiger partial charge in [0.25, 0.3) is 0 Å². The van der Waals surface area contributed by atoms with Gasteiger partial charge in [-0.1, -0.05) is 25.5 Å². The van der Waals surface area contributed by atoms with Crippen molar-refractivity contribution in [3.8, 4) is 0 Å². The molecule has 0 aromatic heterocycles. The quantitative estimate of drug-likeness (QED) is 0.725. The molecule has 0 radical (unpaired) electrons. The molecule has 3 nitrogen and oxygen atoms in total. The molecule has 0 fully saturated rings. The molecule has 118 valence electrons. The lowest BCUT2D eigenvalue weighted by atomic mass is 9.96. The number of amides is 1. The molecule has 0 spiro atoms. The Balaban J connectivity index is 2.48. The Bertz CT molecular complexity index is 448. The summed E-state index contributed by atoms with van der Waals surface area (Å²) in [6.07, 6.45) is 2.20. The lowest BCUT2D eigenvalue weighted by molar-refractivity contribution is -0.121. The minimum atomic E-state index is -1.21. The van der Waals surface area contributed by atoms with E-state index in [1.165, 1.54) is 24.3 Å². The van der Waals surface area contributed by atoms with Crippen molar-refractivity contribution in [2.24, 2.45) is 0 Å². The summed E-state index contributed by atoms with van der Waals surface area (Å²) >= 11 is 1.61. The van der Waals surface area contributed by atoms with E-state index < -0.39 is 5.60 Å². The minimum absolute atomic E-state index is 0.0847. The zero-order valence-electron chi connectivity index (χ0n) is 12.9. The molecule has 0 saturated carbocycles. The summed E-state index contributed by atoms with van der Waals surface area (Å²) in [5.74, 6) is 0.525. The molecule has 0 aliphatic heterocycles. The number of benzene rings is 1. The lowest BCUT2D eigenvalue weighted by Crippen LogP contribution is -2.41. The average molecular weight is 313 g/mol. The van der Waals surface area contributed by atoms with Gasteiger partial charge in [-0.3, -0.25) is 4.79 Å². The van der Waals surface area contributed by atoms with E-state index in [9.17, 15) is 14.3 Å². The molecule has 2 atom stereocenters. The molecule has 1 rings (SSSR count). The summed E-state index contributed by atoms with van der Waals surface area (Å²) in [6, 6.07) is 5.66. The molecule has 21 heavy (non-hydrogen) atoms. The van der Waals surface area contributed by atoms with Crippen molar-refractivity contribution in [2.75, 3.05) is 12.3 Å². The van der Waals surface area contributed by atoms with Crippen molar-refractivity contribution in [3.63, 3.8) is 0 Å². The van der Waals surface area contributed by atoms with E-state index in [2.05, 4.69) is 12.2 Å². The number of hydrogen-bond acceptors (Lipinski definition) is 3. The van der Waals surface area contributed by atoms with Crippen LogP contribution in [-0.2, 0) is 10.4 Å². The number of carbonyl (C=O) groups is 1. The monoisotopic (exact) mass is 313 g/mol. The SMILES string of the molecule is CCCCSC(C)C(=O)NCC(C)(O)c1ccc(F)cc1. The molecule has 5 heteroatoms. The second kappa shape index (κ2) is 8.39. The molecule has 2 unspecified atom stereocenters. The van der Waals surface area contributed by atoms with Crippen LogP contribution in [-0.4, -0.2) is 28.6 Å². The van der Waals surface area contributed by atoms with Gasteiger partial charge in [0.15, 0.2) is 0 Å². The van der Waals surface area contributed by atoms with Gasteiger partial charge in [0.2, 0.25) is 5.91 Å². The maximum atomic E-state index is 12.9. The Morgan fingerprint density at radius 1 is 1.43 bits per heavy atom. The first kappa shape index (κ1) is 18.0. The Morgan fingerprint density at radius 3 is 2.62 bits per heavy atom. The molecule has 1 amide bonds. The van der Waals surface area contributed by atoms with E-state index >= 15 is 0 Å². The van der Waals surface area contributed by atoms with Crippen LogP contribution >= 0.6 is 11.8 Å². The van der Waals surface area contributed by atoms with Crippen LogP contribution in [0.1, 0.15) is 39.2 Å². The van der Waals surface area contributed by atoms with E-state index in [1.807, 2.05) is 6.92 Å². The fourth-order valence-electron chi connectivity index (χ4n) is 1.79. The van der Waals surface area contributed by atoms with Crippen LogP contribution in [0.2, 0.25) is 0 Å². The Hall–Kier alpha value is -1.07. The maximum absolute atomic E-state index is 12.9. The largest absolute Gasteiger partial charge is 0.384 e. The van der Waals surface area contributed by atoms with Gasteiger partial charge in [-0.05, 0) is 43.7 Å². The van der Waals surface area contributed by atoms with Crippen molar-refractivity contribution >= 4 is 17.7 Å². The highest BCUT2D eigenvalue weighted by molar-refractivity contribution is 8.00. The highest BCUT2D eigenvalue weighted by Crippen LogP contribution is 2.20. The summed E-state index contributed by atoms with van der Waals surface area (Å²) in [4.78, 5) is 12.0. The van der Waals surface area contributed by atoms with Crippen LogP contribution < -0.4 is 5.32 Å². The first-order chi connectivity index (χ1) is 9.86. The number of aliphatic hydroxyl groups is 1. The van der Waals surface area contributed by atoms with Gasteiger partial charge in [-0.25, -0.2) is 4.39 Å². The highest BCUT2D eigenvalue weighted by Gasteiger charge is 2.25. The van der Waals surface area contributed by atoms with E-state index in [0.717, 1.165) is 18.6 Å². The molecule has 1 aromatic carbocycles. The van der Waals surface area contributed by atoms with E-state index in [0.29, 0.717) is 5.56 Å². The number of rotatable bonds is 8. The molecule has 0 aliphatic rings. The van der Waals surface area contributed by atoms with Crippen molar-refractivity contribution in [3.05, 3.63) is 35.6 Å². The summed E-state index contributed by atoms with van der Waals surface area (Å²) < 4.78 is 12.9. The standard InChI is InChI=1S/C16H24FNO2S/c1-4-5-10-21-12(2)15(19)18-11-16(3,20)13-6-8-14(17)9-7-13/h6-9,12,20H,4-5,10-11H2,1-3H3,(H,18,19).